The van der Waals surface area contributed by atoms with E-state index < -0.39 is 12.0 Å². The largest absolute Gasteiger partial charge is 0.488 e. The highest BCUT2D eigenvalue weighted by atomic mass is 19.3. The second kappa shape index (κ2) is 10.2. The van der Waals surface area contributed by atoms with Gasteiger partial charge >= 0.3 is 6.03 Å². The number of fused-ring (bicyclic) bond motifs is 1. The number of hydrogen-bond donors (Lipinski definition) is 2. The first-order valence-corrected chi connectivity index (χ1v) is 12.1. The molecule has 198 valence electrons. The van der Waals surface area contributed by atoms with Crippen molar-refractivity contribution in [2.24, 2.45) is 0 Å². The number of aromatic nitrogens is 2. The van der Waals surface area contributed by atoms with Crippen LogP contribution < -0.4 is 20.4 Å². The molecule has 38 heavy (non-hydrogen) atoms. The van der Waals surface area contributed by atoms with Gasteiger partial charge in [0.1, 0.15) is 17.9 Å². The van der Waals surface area contributed by atoms with Gasteiger partial charge in [-0.15, -0.1) is 0 Å². The third-order valence-electron chi connectivity index (χ3n) is 6.52. The van der Waals surface area contributed by atoms with E-state index in [9.17, 15) is 22.8 Å². The van der Waals surface area contributed by atoms with E-state index in [-0.39, 0.29) is 55.3 Å². The summed E-state index contributed by atoms with van der Waals surface area (Å²) in [5, 5.41) is 11.1. The van der Waals surface area contributed by atoms with Gasteiger partial charge < -0.3 is 19.9 Å². The van der Waals surface area contributed by atoms with Gasteiger partial charge in [-0.25, -0.2) is 22.9 Å². The molecule has 2 amide bonds. The van der Waals surface area contributed by atoms with Gasteiger partial charge in [0.25, 0.3) is 11.8 Å². The summed E-state index contributed by atoms with van der Waals surface area (Å²) in [5.74, 6) is -2.68. The van der Waals surface area contributed by atoms with Gasteiger partial charge in [0.05, 0.1) is 12.1 Å². The molecule has 0 unspecified atom stereocenters. The van der Waals surface area contributed by atoms with Crippen molar-refractivity contribution in [3.63, 3.8) is 0 Å². The summed E-state index contributed by atoms with van der Waals surface area (Å²) < 4.78 is 46.9. The standard InChI is InChI=1S/C26H25F3N6O3/c27-19-3-1-17(2-4-19)15-32-25(37)35-8-5-20(14-22(35)30)34-11-12-38-21-13-18(16-31-23(21)34)24(36)33-9-6-26(28,29)7-10-33/h1-5,8,13-14,16,30H,6-7,9-12,15H2,(H,32,37). The van der Waals surface area contributed by atoms with Crippen molar-refractivity contribution in [1.82, 2.24) is 19.8 Å². The van der Waals surface area contributed by atoms with Crippen molar-refractivity contribution in [3.8, 4) is 5.75 Å². The summed E-state index contributed by atoms with van der Waals surface area (Å²) >= 11 is 0. The molecule has 1 fully saturated rings. The van der Waals surface area contributed by atoms with Crippen molar-refractivity contribution >= 4 is 23.4 Å². The molecular formula is C26H25F3N6O3. The van der Waals surface area contributed by atoms with Crippen LogP contribution in [0.3, 0.4) is 0 Å². The van der Waals surface area contributed by atoms with Gasteiger partial charge in [0.2, 0.25) is 0 Å². The van der Waals surface area contributed by atoms with Gasteiger partial charge in [0, 0.05) is 56.6 Å². The smallest absolute Gasteiger partial charge is 0.327 e. The number of nitrogens with one attached hydrogen (secondary N) is 2. The molecule has 0 aliphatic carbocycles. The van der Waals surface area contributed by atoms with Crippen molar-refractivity contribution < 1.29 is 27.5 Å². The minimum atomic E-state index is -2.75. The van der Waals surface area contributed by atoms with Crippen LogP contribution >= 0.6 is 0 Å². The molecule has 2 aromatic heterocycles. The lowest BCUT2D eigenvalue weighted by molar-refractivity contribution is -0.0494. The number of amides is 2. The number of rotatable bonds is 4. The maximum atomic E-state index is 13.5. The normalized spacial score (nSPS) is 16.4. The highest BCUT2D eigenvalue weighted by molar-refractivity contribution is 5.95. The first-order chi connectivity index (χ1) is 18.2. The summed E-state index contributed by atoms with van der Waals surface area (Å²) in [7, 11) is 0. The Kier molecular flexibility index (Phi) is 6.79. The number of alkyl halides is 2. The number of carbonyl (C=O) groups is 2. The third kappa shape index (κ3) is 5.34. The van der Waals surface area contributed by atoms with E-state index in [1.54, 1.807) is 24.3 Å². The zero-order valence-corrected chi connectivity index (χ0v) is 20.3. The van der Waals surface area contributed by atoms with Crippen molar-refractivity contribution in [3.05, 3.63) is 77.3 Å². The van der Waals surface area contributed by atoms with Gasteiger partial charge in [-0.1, -0.05) is 12.1 Å². The number of anilines is 2. The molecule has 0 saturated carbocycles. The number of carbonyl (C=O) groups excluding carboxylic acids is 2. The SMILES string of the molecule is N=c1cc(N2CCOc3cc(C(=O)N4CCC(F)(F)CC4)cnc32)ccn1C(=O)NCc1ccc(F)cc1. The van der Waals surface area contributed by atoms with Gasteiger partial charge in [-0.2, -0.15) is 0 Å². The Morgan fingerprint density at radius 3 is 2.53 bits per heavy atom. The van der Waals surface area contributed by atoms with Crippen LogP contribution in [0.2, 0.25) is 0 Å². The Labute approximate surface area is 216 Å². The van der Waals surface area contributed by atoms with E-state index in [0.717, 1.165) is 10.1 Å². The third-order valence-corrected chi connectivity index (χ3v) is 6.52. The zero-order chi connectivity index (χ0) is 26.9. The molecule has 5 rings (SSSR count). The van der Waals surface area contributed by atoms with Crippen LogP contribution in [0.4, 0.5) is 29.5 Å². The fourth-order valence-electron chi connectivity index (χ4n) is 4.39. The molecule has 2 N–H and O–H groups in total. The van der Waals surface area contributed by atoms with Crippen molar-refractivity contribution in [2.75, 3.05) is 31.1 Å². The molecule has 0 radical (unpaired) electrons. The van der Waals surface area contributed by atoms with Crippen molar-refractivity contribution in [1.29, 1.82) is 5.41 Å². The first-order valence-electron chi connectivity index (χ1n) is 12.1. The van der Waals surface area contributed by atoms with E-state index in [2.05, 4.69) is 10.3 Å². The van der Waals surface area contributed by atoms with E-state index in [1.165, 1.54) is 35.5 Å². The summed E-state index contributed by atoms with van der Waals surface area (Å²) in [6.45, 7) is 0.847. The Morgan fingerprint density at radius 1 is 1.08 bits per heavy atom. The highest BCUT2D eigenvalue weighted by Gasteiger charge is 2.36. The van der Waals surface area contributed by atoms with Gasteiger partial charge in [-0.3, -0.25) is 14.8 Å². The van der Waals surface area contributed by atoms with E-state index >= 15 is 0 Å². The lowest BCUT2D eigenvalue weighted by atomic mass is 10.1. The number of halogens is 3. The quantitative estimate of drug-likeness (QED) is 0.540. The van der Waals surface area contributed by atoms with Crippen LogP contribution in [-0.4, -0.2) is 58.6 Å². The molecular weight excluding hydrogens is 501 g/mol. The molecule has 12 heteroatoms. The van der Waals surface area contributed by atoms with E-state index in [0.29, 0.717) is 30.4 Å². The van der Waals surface area contributed by atoms with Gasteiger partial charge in [0.15, 0.2) is 11.6 Å². The molecule has 3 aromatic rings. The van der Waals surface area contributed by atoms with Crippen LogP contribution in [0, 0.1) is 11.2 Å². The average molecular weight is 527 g/mol. The van der Waals surface area contributed by atoms with E-state index in [4.69, 9.17) is 10.1 Å². The minimum Gasteiger partial charge on any atom is -0.488 e. The van der Waals surface area contributed by atoms with Crippen molar-refractivity contribution in [2.45, 2.75) is 25.3 Å². The molecule has 0 spiro atoms. The molecule has 4 heterocycles. The summed E-state index contributed by atoms with van der Waals surface area (Å²) in [4.78, 5) is 33.1. The molecule has 9 nitrogen and oxygen atoms in total. The molecule has 1 saturated heterocycles. The highest BCUT2D eigenvalue weighted by Crippen LogP contribution is 2.35. The number of pyridine rings is 2. The molecule has 2 aliphatic rings. The summed E-state index contributed by atoms with van der Waals surface area (Å²) in [6, 6.07) is 9.97. The maximum absolute atomic E-state index is 13.5. The van der Waals surface area contributed by atoms with Crippen LogP contribution in [-0.2, 0) is 6.54 Å². The Hall–Kier alpha value is -4.35. The number of hydrogen-bond acceptors (Lipinski definition) is 6. The maximum Gasteiger partial charge on any atom is 0.327 e. The van der Waals surface area contributed by atoms with Crippen LogP contribution in [0.15, 0.2) is 54.9 Å². The Balaban J connectivity index is 1.29. The molecule has 2 aliphatic heterocycles. The fourth-order valence-corrected chi connectivity index (χ4v) is 4.39. The zero-order valence-electron chi connectivity index (χ0n) is 20.3. The molecule has 0 atom stereocenters. The van der Waals surface area contributed by atoms with E-state index in [1.807, 2.05) is 4.90 Å². The molecule has 1 aromatic carbocycles. The Bertz CT molecular complexity index is 1420. The first kappa shape index (κ1) is 25.3. The second-order valence-electron chi connectivity index (χ2n) is 9.12. The number of nitrogens with zero attached hydrogens (tertiary/aromatic N) is 4. The fraction of sp³-hybridized carbons (Fsp3) is 0.308. The van der Waals surface area contributed by atoms with Gasteiger partial charge in [-0.05, 0) is 29.8 Å². The lowest BCUT2D eigenvalue weighted by Crippen LogP contribution is -2.42. The van der Waals surface area contributed by atoms with Crippen LogP contribution in [0.1, 0.15) is 28.8 Å². The summed E-state index contributed by atoms with van der Waals surface area (Å²) in [6.07, 6.45) is 2.13. The number of piperidine rings is 1. The van der Waals surface area contributed by atoms with Crippen LogP contribution in [0.5, 0.6) is 5.75 Å². The number of benzene rings is 1. The average Bonchev–Trinajstić information content (AvgIpc) is 2.91. The monoisotopic (exact) mass is 526 g/mol. The Morgan fingerprint density at radius 2 is 1.82 bits per heavy atom. The topological polar surface area (TPSA) is 104 Å². The molecule has 0 bridgehead atoms. The van der Waals surface area contributed by atoms with Crippen LogP contribution in [0.25, 0.3) is 0 Å². The minimum absolute atomic E-state index is 0.0241. The lowest BCUT2D eigenvalue weighted by Gasteiger charge is -2.33. The summed E-state index contributed by atoms with van der Waals surface area (Å²) in [5.41, 5.74) is 1.50. The second-order valence-corrected chi connectivity index (χ2v) is 9.12. The number of ether oxygens (including phenoxy) is 1. The number of likely N-dealkylation sites (tertiary alicyclic amines) is 1. The predicted molar refractivity (Wildman–Crippen MR) is 131 cm³/mol. The predicted octanol–water partition coefficient (Wildman–Crippen LogP) is 3.66.